The predicted molar refractivity (Wildman–Crippen MR) is 33.5 cm³/mol. The summed E-state index contributed by atoms with van der Waals surface area (Å²) in [5, 5.41) is 2.63. The molecule has 0 spiro atoms. The maximum atomic E-state index is 11.9. The fourth-order valence-corrected chi connectivity index (χ4v) is 0.280. The Bertz CT molecular complexity index is 120. The second-order valence-corrected chi connectivity index (χ2v) is 1.97. The fraction of sp³-hybridized carbons (Fsp3) is 0.500. The van der Waals surface area contributed by atoms with Crippen molar-refractivity contribution < 1.29 is 9.18 Å². The summed E-state index contributed by atoms with van der Waals surface area (Å²) in [6, 6.07) is 0.163. The minimum absolute atomic E-state index is 0.162. The normalized spacial score (nSPS) is 11.8. The molecule has 52 valence electrons. The Labute approximate surface area is 53.8 Å². The van der Waals surface area contributed by atoms with Crippen LogP contribution in [0.5, 0.6) is 0 Å². The maximum absolute atomic E-state index is 11.9. The molecule has 0 atom stereocenters. The average molecular weight is 131 g/mol. The van der Waals surface area contributed by atoms with Crippen LogP contribution in [-0.4, -0.2) is 12.3 Å². The fourth-order valence-electron chi connectivity index (χ4n) is 0.280. The lowest BCUT2D eigenvalue weighted by Gasteiger charge is -2.01. The monoisotopic (exact) mass is 131 g/mol. The van der Waals surface area contributed by atoms with Crippen molar-refractivity contribution in [1.82, 2.24) is 5.32 Å². The molecule has 0 aromatic heterocycles. The van der Waals surface area contributed by atoms with Crippen LogP contribution in [0.15, 0.2) is 12.0 Å². The minimum Gasteiger partial charge on any atom is -0.386 e. The Balaban J connectivity index is 3.56. The van der Waals surface area contributed by atoms with Crippen molar-refractivity contribution in [3.63, 3.8) is 0 Å². The van der Waals surface area contributed by atoms with Crippen LogP contribution in [0.2, 0.25) is 0 Å². The van der Waals surface area contributed by atoms with Crippen molar-refractivity contribution >= 4 is 6.29 Å². The number of nitrogens with one attached hydrogen (secondary N) is 1. The zero-order chi connectivity index (χ0) is 7.28. The van der Waals surface area contributed by atoms with Gasteiger partial charge in [0.1, 0.15) is 0 Å². The van der Waals surface area contributed by atoms with Crippen molar-refractivity contribution in [1.29, 1.82) is 0 Å². The van der Waals surface area contributed by atoms with Crippen molar-refractivity contribution in [2.24, 2.45) is 0 Å². The number of aldehydes is 1. The van der Waals surface area contributed by atoms with E-state index in [1.165, 1.54) is 0 Å². The average Bonchev–Trinajstić information content (AvgIpc) is 1.83. The Morgan fingerprint density at radius 2 is 2.22 bits per heavy atom. The van der Waals surface area contributed by atoms with E-state index in [-0.39, 0.29) is 12.3 Å². The zero-order valence-corrected chi connectivity index (χ0v) is 5.52. The summed E-state index contributed by atoms with van der Waals surface area (Å²) in [6.45, 7) is 3.71. The van der Waals surface area contributed by atoms with E-state index in [1.54, 1.807) is 0 Å². The first-order chi connectivity index (χ1) is 4.16. The second kappa shape index (κ2) is 4.06. The van der Waals surface area contributed by atoms with Gasteiger partial charge in [-0.05, 0) is 13.8 Å². The molecule has 9 heavy (non-hydrogen) atoms. The third-order valence-electron chi connectivity index (χ3n) is 0.667. The third kappa shape index (κ3) is 5.00. The van der Waals surface area contributed by atoms with Crippen LogP contribution >= 0.6 is 0 Å². The molecule has 0 aromatic rings. The van der Waals surface area contributed by atoms with Crippen LogP contribution in [0.3, 0.4) is 0 Å². The maximum Gasteiger partial charge on any atom is 0.179 e. The van der Waals surface area contributed by atoms with Gasteiger partial charge in [0.2, 0.25) is 0 Å². The van der Waals surface area contributed by atoms with Gasteiger partial charge in [-0.1, -0.05) is 0 Å². The Morgan fingerprint density at radius 3 is 2.56 bits per heavy atom. The highest BCUT2D eigenvalue weighted by Gasteiger charge is 1.89. The molecule has 0 unspecified atom stereocenters. The zero-order valence-electron chi connectivity index (χ0n) is 5.52. The lowest BCUT2D eigenvalue weighted by atomic mass is 10.4. The molecule has 0 aliphatic heterocycles. The Morgan fingerprint density at radius 1 is 1.67 bits per heavy atom. The molecule has 0 heterocycles. The van der Waals surface area contributed by atoms with Crippen LogP contribution in [0.1, 0.15) is 13.8 Å². The summed E-state index contributed by atoms with van der Waals surface area (Å²) in [6.07, 6.45) is 1.22. The molecule has 0 amide bonds. The third-order valence-corrected chi connectivity index (χ3v) is 0.667. The molecule has 0 radical (unpaired) electrons. The van der Waals surface area contributed by atoms with Gasteiger partial charge in [0.05, 0.1) is 0 Å². The number of rotatable bonds is 3. The number of carbonyl (C=O) groups is 1. The molecule has 0 aliphatic rings. The van der Waals surface area contributed by atoms with Crippen molar-refractivity contribution in [3.05, 3.63) is 12.0 Å². The van der Waals surface area contributed by atoms with E-state index in [1.807, 2.05) is 13.8 Å². The predicted octanol–water partition coefficient (Wildman–Crippen LogP) is 0.994. The highest BCUT2D eigenvalue weighted by molar-refractivity contribution is 5.69. The molecule has 0 saturated heterocycles. The smallest absolute Gasteiger partial charge is 0.179 e. The topological polar surface area (TPSA) is 29.1 Å². The van der Waals surface area contributed by atoms with Gasteiger partial charge < -0.3 is 5.32 Å². The summed E-state index contributed by atoms with van der Waals surface area (Å²) < 4.78 is 11.9. The number of allylic oxidation sites excluding steroid dienone is 1. The van der Waals surface area contributed by atoms with Gasteiger partial charge >= 0.3 is 0 Å². The van der Waals surface area contributed by atoms with Gasteiger partial charge in [-0.25, -0.2) is 4.39 Å². The minimum atomic E-state index is -0.774. The molecule has 0 saturated carbocycles. The highest BCUT2D eigenvalue weighted by atomic mass is 19.1. The number of hydrogen-bond donors (Lipinski definition) is 1. The number of hydrogen-bond acceptors (Lipinski definition) is 2. The largest absolute Gasteiger partial charge is 0.386 e. The molecule has 0 aliphatic carbocycles. The van der Waals surface area contributed by atoms with Crippen LogP contribution in [-0.2, 0) is 4.79 Å². The Kier molecular flexibility index (Phi) is 3.67. The molecule has 1 N–H and O–H groups in total. The van der Waals surface area contributed by atoms with Gasteiger partial charge in [0.25, 0.3) is 0 Å². The van der Waals surface area contributed by atoms with Gasteiger partial charge in [-0.3, -0.25) is 4.79 Å². The van der Waals surface area contributed by atoms with Crippen molar-refractivity contribution in [2.75, 3.05) is 0 Å². The van der Waals surface area contributed by atoms with E-state index in [0.717, 1.165) is 6.20 Å². The van der Waals surface area contributed by atoms with Gasteiger partial charge in [0, 0.05) is 12.2 Å². The van der Waals surface area contributed by atoms with Crippen molar-refractivity contribution in [2.45, 2.75) is 19.9 Å². The van der Waals surface area contributed by atoms with E-state index in [0.29, 0.717) is 0 Å². The summed E-state index contributed by atoms with van der Waals surface area (Å²) in [5.74, 6) is -0.774. The van der Waals surface area contributed by atoms with Crippen LogP contribution in [0, 0.1) is 0 Å². The van der Waals surface area contributed by atoms with E-state index in [9.17, 15) is 9.18 Å². The Hall–Kier alpha value is -0.860. The first kappa shape index (κ1) is 8.14. The first-order valence-corrected chi connectivity index (χ1v) is 2.73. The molecule has 0 fully saturated rings. The molecular weight excluding hydrogens is 121 g/mol. The quantitative estimate of drug-likeness (QED) is 0.457. The molecule has 0 aromatic carbocycles. The SMILES string of the molecule is CC(C)N/C=C(\F)C=O. The van der Waals surface area contributed by atoms with Gasteiger partial charge in [0.15, 0.2) is 12.1 Å². The summed E-state index contributed by atoms with van der Waals surface area (Å²) >= 11 is 0. The summed E-state index contributed by atoms with van der Waals surface area (Å²) in [7, 11) is 0. The van der Waals surface area contributed by atoms with Crippen molar-refractivity contribution in [3.8, 4) is 0 Å². The standard InChI is InChI=1S/C6H10FNO/c1-5(2)8-3-6(7)4-9/h3-5,8H,1-2H3/b6-3-. The van der Waals surface area contributed by atoms with E-state index < -0.39 is 5.83 Å². The summed E-state index contributed by atoms with van der Waals surface area (Å²) in [5.41, 5.74) is 0. The molecule has 2 nitrogen and oxygen atoms in total. The lowest BCUT2D eigenvalue weighted by Crippen LogP contribution is -2.15. The van der Waals surface area contributed by atoms with E-state index in [4.69, 9.17) is 0 Å². The van der Waals surface area contributed by atoms with Gasteiger partial charge in [-0.2, -0.15) is 0 Å². The lowest BCUT2D eigenvalue weighted by molar-refractivity contribution is -0.106. The summed E-state index contributed by atoms with van der Waals surface area (Å²) in [4.78, 5) is 9.63. The van der Waals surface area contributed by atoms with Crippen LogP contribution in [0.4, 0.5) is 4.39 Å². The van der Waals surface area contributed by atoms with E-state index in [2.05, 4.69) is 5.32 Å². The molecule has 3 heteroatoms. The second-order valence-electron chi connectivity index (χ2n) is 1.97. The first-order valence-electron chi connectivity index (χ1n) is 2.73. The number of carbonyl (C=O) groups excluding carboxylic acids is 1. The number of halogens is 1. The highest BCUT2D eigenvalue weighted by Crippen LogP contribution is 1.87. The molecule has 0 rings (SSSR count). The molecular formula is C6H10FNO. The van der Waals surface area contributed by atoms with Crippen LogP contribution < -0.4 is 5.32 Å². The van der Waals surface area contributed by atoms with E-state index >= 15 is 0 Å². The van der Waals surface area contributed by atoms with Gasteiger partial charge in [-0.15, -0.1) is 0 Å². The molecule has 0 bridgehead atoms. The van der Waals surface area contributed by atoms with Crippen LogP contribution in [0.25, 0.3) is 0 Å².